The van der Waals surface area contributed by atoms with Crippen LogP contribution in [0.5, 0.6) is 0 Å². The molecule has 1 aliphatic carbocycles. The minimum atomic E-state index is -0.911. The zero-order valence-electron chi connectivity index (χ0n) is 36.4. The second kappa shape index (κ2) is 16.9. The maximum atomic E-state index is 14.3. The van der Waals surface area contributed by atoms with Gasteiger partial charge in [0, 0.05) is 17.5 Å². The van der Waals surface area contributed by atoms with E-state index in [1.165, 1.54) is 14.2 Å². The Morgan fingerprint density at radius 2 is 1.48 bits per heavy atom. The number of hydrogen-bond donors (Lipinski definition) is 4. The molecule has 0 spiro atoms. The first-order valence-electron chi connectivity index (χ1n) is 21.9. The van der Waals surface area contributed by atoms with Gasteiger partial charge in [-0.25, -0.2) is 19.6 Å². The molecule has 4 heterocycles. The normalized spacial score (nSPS) is 22.7. The van der Waals surface area contributed by atoms with Crippen LogP contribution in [0.15, 0.2) is 91.1 Å². The van der Waals surface area contributed by atoms with Crippen molar-refractivity contribution in [2.45, 2.75) is 89.6 Å². The van der Waals surface area contributed by atoms with Crippen molar-refractivity contribution in [1.29, 1.82) is 0 Å². The minimum Gasteiger partial charge on any atom is -0.453 e. The Hall–Kier alpha value is -6.70. The quantitative estimate of drug-likeness (QED) is 0.106. The number of amides is 4. The second-order valence-electron chi connectivity index (χ2n) is 17.7. The maximum absolute atomic E-state index is 14.3. The van der Waals surface area contributed by atoms with E-state index in [9.17, 15) is 19.2 Å². The van der Waals surface area contributed by atoms with Crippen LogP contribution in [0.4, 0.5) is 9.59 Å². The number of imidazole rings is 2. The summed E-state index contributed by atoms with van der Waals surface area (Å²) in [6, 6.07) is 26.0. The lowest BCUT2D eigenvalue weighted by Crippen LogP contribution is -2.54. The predicted octanol–water partition coefficient (Wildman–Crippen LogP) is 8.60. The molecule has 3 aliphatic rings. The Labute approximate surface area is 366 Å². The van der Waals surface area contributed by atoms with Crippen LogP contribution < -0.4 is 10.6 Å². The van der Waals surface area contributed by atoms with Crippen LogP contribution in [0, 0.1) is 17.8 Å². The Kier molecular flexibility index (Phi) is 11.2. The number of nitrogens with zero attached hydrogens (tertiary/aromatic N) is 4. The predicted molar refractivity (Wildman–Crippen MR) is 239 cm³/mol. The molecule has 4 amide bonds. The highest BCUT2D eigenvalue weighted by molar-refractivity contribution is 6.05. The zero-order valence-corrected chi connectivity index (χ0v) is 36.4. The molecule has 3 fully saturated rings. The maximum Gasteiger partial charge on any atom is 0.407 e. The smallest absolute Gasteiger partial charge is 0.407 e. The molecular formula is C49H54N8O6. The van der Waals surface area contributed by atoms with Gasteiger partial charge in [-0.2, -0.15) is 0 Å². The van der Waals surface area contributed by atoms with Crippen LogP contribution in [0.3, 0.4) is 0 Å². The largest absolute Gasteiger partial charge is 0.453 e. The van der Waals surface area contributed by atoms with Crippen LogP contribution in [0.1, 0.15) is 88.7 Å². The Morgan fingerprint density at radius 1 is 0.762 bits per heavy atom. The molecule has 9 rings (SSSR count). The van der Waals surface area contributed by atoms with Crippen molar-refractivity contribution in [3.63, 3.8) is 0 Å². The first-order valence-corrected chi connectivity index (χ1v) is 21.9. The highest BCUT2D eigenvalue weighted by Crippen LogP contribution is 2.50. The van der Waals surface area contributed by atoms with Crippen LogP contribution in [0.2, 0.25) is 0 Å². The number of alkyl carbamates (subject to hydrolysis) is 2. The summed E-state index contributed by atoms with van der Waals surface area (Å²) in [6.07, 6.45) is 4.15. The molecule has 8 atom stereocenters. The third-order valence-electron chi connectivity index (χ3n) is 13.7. The van der Waals surface area contributed by atoms with Crippen molar-refractivity contribution in [3.05, 3.63) is 108 Å². The molecule has 0 unspecified atom stereocenters. The minimum absolute atomic E-state index is 0.0846. The Balaban J connectivity index is 0.941. The van der Waals surface area contributed by atoms with Crippen molar-refractivity contribution in [1.82, 2.24) is 40.4 Å². The van der Waals surface area contributed by atoms with Crippen LogP contribution >= 0.6 is 0 Å². The molecule has 2 bridgehead atoms. The molecule has 6 aromatic rings. The van der Waals surface area contributed by atoms with Crippen LogP contribution in [-0.2, 0) is 19.1 Å². The van der Waals surface area contributed by atoms with E-state index in [0.717, 1.165) is 75.7 Å². The summed E-state index contributed by atoms with van der Waals surface area (Å²) >= 11 is 0. The van der Waals surface area contributed by atoms with Gasteiger partial charge in [0.25, 0.3) is 5.91 Å². The highest BCUT2D eigenvalue weighted by Gasteiger charge is 2.52. The van der Waals surface area contributed by atoms with Crippen molar-refractivity contribution in [2.75, 3.05) is 14.2 Å². The summed E-state index contributed by atoms with van der Waals surface area (Å²) in [5.41, 5.74) is 6.39. The number of carbonyl (C=O) groups is 4. The van der Waals surface area contributed by atoms with E-state index in [2.05, 4.69) is 76.1 Å². The molecule has 2 saturated heterocycles. The van der Waals surface area contributed by atoms with Crippen molar-refractivity contribution >= 4 is 45.8 Å². The molecule has 14 heteroatoms. The second-order valence-corrected chi connectivity index (χ2v) is 17.7. The summed E-state index contributed by atoms with van der Waals surface area (Å²) in [5, 5.41) is 7.64. The number of rotatable bonds is 10. The fourth-order valence-electron chi connectivity index (χ4n) is 10.2. The topological polar surface area (TPSA) is 175 Å². The number of aromatic amines is 2. The van der Waals surface area contributed by atoms with Gasteiger partial charge in [-0.05, 0) is 90.1 Å². The first-order chi connectivity index (χ1) is 30.4. The zero-order chi connectivity index (χ0) is 44.1. The van der Waals surface area contributed by atoms with E-state index < -0.39 is 24.3 Å². The van der Waals surface area contributed by atoms with Crippen molar-refractivity contribution in [3.8, 4) is 22.4 Å². The lowest BCUT2D eigenvalue weighted by atomic mass is 9.95. The van der Waals surface area contributed by atoms with E-state index in [1.54, 1.807) is 0 Å². The molecular weight excluding hydrogens is 797 g/mol. The fourth-order valence-corrected chi connectivity index (χ4v) is 10.2. The van der Waals surface area contributed by atoms with Crippen molar-refractivity contribution in [2.24, 2.45) is 17.8 Å². The lowest BCUT2D eigenvalue weighted by molar-refractivity contribution is -0.139. The molecule has 4 aromatic carbocycles. The summed E-state index contributed by atoms with van der Waals surface area (Å²) in [4.78, 5) is 73.8. The summed E-state index contributed by atoms with van der Waals surface area (Å²) in [6.45, 7) is 8.04. The molecule has 63 heavy (non-hydrogen) atoms. The van der Waals surface area contributed by atoms with Gasteiger partial charge in [0.2, 0.25) is 5.91 Å². The van der Waals surface area contributed by atoms with E-state index in [0.29, 0.717) is 17.3 Å². The number of piperidine rings is 1. The number of aromatic nitrogens is 4. The number of nitrogens with one attached hydrogen (secondary N) is 4. The highest BCUT2D eigenvalue weighted by atomic mass is 16.5. The van der Waals surface area contributed by atoms with E-state index in [-0.39, 0.29) is 47.8 Å². The van der Waals surface area contributed by atoms with Crippen LogP contribution in [0.25, 0.3) is 44.2 Å². The van der Waals surface area contributed by atoms with Gasteiger partial charge < -0.3 is 39.9 Å². The summed E-state index contributed by atoms with van der Waals surface area (Å²) in [7, 11) is 2.60. The number of carbonyl (C=O) groups excluding carboxylic acids is 4. The monoisotopic (exact) mass is 850 g/mol. The molecule has 14 nitrogen and oxygen atoms in total. The van der Waals surface area contributed by atoms with Gasteiger partial charge in [0.05, 0.1) is 49.2 Å². The Bertz CT molecular complexity index is 2680. The van der Waals surface area contributed by atoms with Gasteiger partial charge in [-0.1, -0.05) is 93.6 Å². The lowest BCUT2D eigenvalue weighted by Gasteiger charge is -2.37. The molecule has 326 valence electrons. The average molecular weight is 851 g/mol. The van der Waals surface area contributed by atoms with E-state index in [1.807, 2.05) is 73.2 Å². The van der Waals surface area contributed by atoms with Crippen LogP contribution in [-0.4, -0.2) is 86.1 Å². The molecule has 4 N–H and O–H groups in total. The fraction of sp³-hybridized carbons (Fsp3) is 0.388. The standard InChI is InChI=1S/C49H54N8O6/c1-26(2)40(54-48(60)62-5)46(58)57-35-19-16-34(24-35)43(57)45-51-37-21-18-33-23-32(17-20-36(33)42(37)53-45)29-12-14-30(15-13-29)38-25-50-44(52-38)39-22-27(3)28(4)56(39)47(59)41(55-49(61)63-6)31-10-8-7-9-11-31/h7-15,17-18,20-21,23,25-28,34-35,39-41,43H,16,19,22,24H2,1-6H3,(H,50,52)(H,51,53)(H,54,60)(H,55,61)/t27-,28-,34+,35-,39+,40+,41-,43+/m1/s1. The molecule has 1 saturated carbocycles. The van der Waals surface area contributed by atoms with Gasteiger partial charge in [-0.3, -0.25) is 9.59 Å². The van der Waals surface area contributed by atoms with Crippen molar-refractivity contribution < 1.29 is 28.7 Å². The third-order valence-corrected chi connectivity index (χ3v) is 13.7. The number of likely N-dealkylation sites (tertiary alicyclic amines) is 2. The van der Waals surface area contributed by atoms with Gasteiger partial charge in [-0.15, -0.1) is 0 Å². The number of benzene rings is 4. The summed E-state index contributed by atoms with van der Waals surface area (Å²) < 4.78 is 9.74. The number of methoxy groups -OCH3 is 2. The summed E-state index contributed by atoms with van der Waals surface area (Å²) in [5.74, 6) is 1.55. The van der Waals surface area contributed by atoms with Gasteiger partial charge in [0.15, 0.2) is 0 Å². The number of H-pyrrole nitrogens is 2. The number of fused-ring (bicyclic) bond motifs is 5. The average Bonchev–Trinajstić information content (AvgIpc) is 4.16. The molecule has 2 aromatic heterocycles. The third kappa shape index (κ3) is 7.65. The Morgan fingerprint density at radius 3 is 2.21 bits per heavy atom. The molecule has 0 radical (unpaired) electrons. The first kappa shape index (κ1) is 41.6. The van der Waals surface area contributed by atoms with E-state index in [4.69, 9.17) is 19.4 Å². The van der Waals surface area contributed by atoms with Gasteiger partial charge >= 0.3 is 12.2 Å². The van der Waals surface area contributed by atoms with E-state index >= 15 is 0 Å². The SMILES string of the molecule is COC(=O)N[C@H](C(=O)N1[C@@H]2CC[C@@H](C2)[C@H]1c1nc2ccc3cc(-c4ccc(-c5cnc([C@@H]6C[C@@H](C)[C@@H](C)N6C(=O)[C@H](NC(=O)OC)c6ccccc6)[nH]5)cc4)ccc3c2[nH]1)C(C)C. The number of hydrogen-bond acceptors (Lipinski definition) is 8. The number of ether oxygens (including phenoxy) is 2. The molecule has 2 aliphatic heterocycles. The van der Waals surface area contributed by atoms with Gasteiger partial charge in [0.1, 0.15) is 23.7 Å².